The molecule has 0 spiro atoms. The Labute approximate surface area is 196 Å². The van der Waals surface area contributed by atoms with Crippen LogP contribution in [0.15, 0.2) is 36.7 Å². The van der Waals surface area contributed by atoms with Crippen molar-refractivity contribution in [1.29, 1.82) is 5.26 Å². The van der Waals surface area contributed by atoms with Crippen LogP contribution in [0, 0.1) is 18.3 Å². The third-order valence-electron chi connectivity index (χ3n) is 5.16. The van der Waals surface area contributed by atoms with Crippen molar-refractivity contribution in [2.45, 2.75) is 24.4 Å². The number of halogens is 3. The minimum absolute atomic E-state index is 0.182. The number of urea groups is 1. The number of alkyl halides is 3. The summed E-state index contributed by atoms with van der Waals surface area (Å²) < 4.78 is 48.4. The molecule has 0 aliphatic carbocycles. The Morgan fingerprint density at radius 2 is 2.06 bits per heavy atom. The highest BCUT2D eigenvalue weighted by atomic mass is 32.2. The van der Waals surface area contributed by atoms with E-state index in [1.54, 1.807) is 24.3 Å². The number of benzene rings is 1. The summed E-state index contributed by atoms with van der Waals surface area (Å²) in [5, 5.41) is 11.4. The number of anilines is 1. The van der Waals surface area contributed by atoms with Gasteiger partial charge in [-0.15, -0.1) is 11.8 Å². The topological polar surface area (TPSA) is 105 Å². The first-order valence-electron chi connectivity index (χ1n) is 9.88. The average Bonchev–Trinajstić information content (AvgIpc) is 3.21. The summed E-state index contributed by atoms with van der Waals surface area (Å²) in [6.07, 6.45) is -0.546. The monoisotopic (exact) mass is 490 g/mol. The van der Waals surface area contributed by atoms with E-state index in [1.165, 1.54) is 20.2 Å². The summed E-state index contributed by atoms with van der Waals surface area (Å²) in [5.74, 6) is -0.389. The van der Waals surface area contributed by atoms with Crippen molar-refractivity contribution in [2.75, 3.05) is 18.6 Å². The predicted octanol–water partition coefficient (Wildman–Crippen LogP) is 3.79. The number of imide groups is 1. The van der Waals surface area contributed by atoms with Gasteiger partial charge >= 0.3 is 12.2 Å². The summed E-state index contributed by atoms with van der Waals surface area (Å²) in [6.45, 7) is -0.124. The first kappa shape index (κ1) is 23.4. The SMILES string of the molecule is COc1ccc(C#N)c(C2=CC3NC(=O)N(c4cncc(C)c4OCC(F)(F)F)C(=O)C3S2)c1. The Morgan fingerprint density at radius 1 is 1.29 bits per heavy atom. The standard InChI is InChI=1S/C22H17F3N4O4S/c1-11-8-27-9-16(18(11)33-10-22(23,24)25)29-20(30)19-15(28-21(29)31)6-17(34-19)14-5-13(32-2)4-3-12(14)7-26/h3-6,8-9,15,19H,10H2,1-2H3,(H,28,31). The average molecular weight is 490 g/mol. The van der Waals surface area contributed by atoms with E-state index >= 15 is 0 Å². The van der Waals surface area contributed by atoms with Crippen molar-refractivity contribution in [1.82, 2.24) is 10.3 Å². The van der Waals surface area contributed by atoms with Gasteiger partial charge in [0.25, 0.3) is 5.91 Å². The molecule has 2 aliphatic rings. The van der Waals surface area contributed by atoms with Crippen molar-refractivity contribution in [2.24, 2.45) is 0 Å². The molecule has 12 heteroatoms. The number of nitrogens with one attached hydrogen (secondary N) is 1. The first-order chi connectivity index (χ1) is 16.1. The number of aryl methyl sites for hydroxylation is 1. The molecule has 3 heterocycles. The maximum absolute atomic E-state index is 13.4. The summed E-state index contributed by atoms with van der Waals surface area (Å²) >= 11 is 1.14. The third-order valence-corrected chi connectivity index (χ3v) is 6.52. The smallest absolute Gasteiger partial charge is 0.422 e. The normalized spacial score (nSPS) is 19.8. The van der Waals surface area contributed by atoms with Gasteiger partial charge in [-0.25, -0.2) is 9.69 Å². The number of pyridine rings is 1. The fourth-order valence-corrected chi connectivity index (χ4v) is 4.92. The number of rotatable bonds is 5. The fraction of sp³-hybridized carbons (Fsp3) is 0.273. The van der Waals surface area contributed by atoms with Gasteiger partial charge in [0.15, 0.2) is 6.61 Å². The van der Waals surface area contributed by atoms with E-state index in [-0.39, 0.29) is 17.0 Å². The van der Waals surface area contributed by atoms with E-state index in [4.69, 9.17) is 9.47 Å². The minimum Gasteiger partial charge on any atom is -0.497 e. The van der Waals surface area contributed by atoms with Crippen LogP contribution in [-0.4, -0.2) is 48.1 Å². The van der Waals surface area contributed by atoms with Gasteiger partial charge in [0, 0.05) is 22.2 Å². The molecular weight excluding hydrogens is 473 g/mol. The lowest BCUT2D eigenvalue weighted by atomic mass is 10.0. The third kappa shape index (κ3) is 4.38. The number of nitrogens with zero attached hydrogens (tertiary/aromatic N) is 3. The van der Waals surface area contributed by atoms with E-state index in [0.29, 0.717) is 21.8 Å². The number of nitriles is 1. The van der Waals surface area contributed by atoms with Crippen molar-refractivity contribution >= 4 is 34.3 Å². The second kappa shape index (κ2) is 8.90. The van der Waals surface area contributed by atoms with Crippen molar-refractivity contribution in [3.63, 3.8) is 0 Å². The highest BCUT2D eigenvalue weighted by molar-refractivity contribution is 8.09. The minimum atomic E-state index is -4.61. The molecule has 1 aromatic heterocycles. The molecule has 1 saturated heterocycles. The second-order valence-corrected chi connectivity index (χ2v) is 8.63. The van der Waals surface area contributed by atoms with Crippen LogP contribution in [0.25, 0.3) is 4.91 Å². The number of hydrogen-bond donors (Lipinski definition) is 1. The van der Waals surface area contributed by atoms with E-state index in [0.717, 1.165) is 22.9 Å². The highest BCUT2D eigenvalue weighted by Gasteiger charge is 2.46. The molecule has 2 unspecified atom stereocenters. The lowest BCUT2D eigenvalue weighted by Gasteiger charge is -2.33. The number of ether oxygens (including phenoxy) is 2. The summed E-state index contributed by atoms with van der Waals surface area (Å²) in [4.78, 5) is 31.5. The lowest BCUT2D eigenvalue weighted by Crippen LogP contribution is -2.60. The number of amides is 3. The molecule has 4 rings (SSSR count). The molecule has 0 radical (unpaired) electrons. The predicted molar refractivity (Wildman–Crippen MR) is 117 cm³/mol. The number of fused-ring (bicyclic) bond motifs is 1. The van der Waals surface area contributed by atoms with Gasteiger partial charge in [0.2, 0.25) is 0 Å². The van der Waals surface area contributed by atoms with Crippen LogP contribution in [0.4, 0.5) is 23.7 Å². The van der Waals surface area contributed by atoms with Gasteiger partial charge in [0.05, 0.1) is 31.0 Å². The van der Waals surface area contributed by atoms with Crippen molar-refractivity contribution in [3.8, 4) is 17.6 Å². The van der Waals surface area contributed by atoms with E-state index < -0.39 is 36.0 Å². The zero-order chi connectivity index (χ0) is 24.6. The number of aromatic nitrogens is 1. The Balaban J connectivity index is 1.65. The zero-order valence-corrected chi connectivity index (χ0v) is 18.7. The summed E-state index contributed by atoms with van der Waals surface area (Å²) in [5.41, 5.74) is 0.955. The second-order valence-electron chi connectivity index (χ2n) is 7.45. The van der Waals surface area contributed by atoms with E-state index in [2.05, 4.69) is 16.4 Å². The van der Waals surface area contributed by atoms with Crippen molar-refractivity contribution in [3.05, 3.63) is 53.4 Å². The van der Waals surface area contributed by atoms with Gasteiger partial charge in [-0.2, -0.15) is 18.4 Å². The molecule has 1 N–H and O–H groups in total. The number of carbonyl (C=O) groups excluding carboxylic acids is 2. The van der Waals surface area contributed by atoms with Gasteiger partial charge in [0.1, 0.15) is 22.4 Å². The molecule has 0 bridgehead atoms. The van der Waals surface area contributed by atoms with E-state index in [1.807, 2.05) is 0 Å². The molecule has 3 amide bonds. The Hall–Kier alpha value is -3.72. The molecule has 34 heavy (non-hydrogen) atoms. The molecular formula is C22H17F3N4O4S. The van der Waals surface area contributed by atoms with Gasteiger partial charge in [-0.3, -0.25) is 9.78 Å². The zero-order valence-electron chi connectivity index (χ0n) is 17.8. The number of carbonyl (C=O) groups is 2. The quantitative estimate of drug-likeness (QED) is 0.680. The van der Waals surface area contributed by atoms with Gasteiger partial charge in [-0.1, -0.05) is 0 Å². The van der Waals surface area contributed by atoms with Crippen LogP contribution in [0.3, 0.4) is 0 Å². The maximum atomic E-state index is 13.4. The summed E-state index contributed by atoms with van der Waals surface area (Å²) in [6, 6.07) is 5.48. The molecule has 1 aromatic carbocycles. The number of thioether (sulfide) groups is 1. The van der Waals surface area contributed by atoms with Crippen LogP contribution in [0.1, 0.15) is 16.7 Å². The van der Waals surface area contributed by atoms with Gasteiger partial charge in [-0.05, 0) is 31.2 Å². The van der Waals surface area contributed by atoms with Crippen LogP contribution < -0.4 is 19.7 Å². The Morgan fingerprint density at radius 3 is 2.74 bits per heavy atom. The Bertz CT molecular complexity index is 1240. The largest absolute Gasteiger partial charge is 0.497 e. The highest BCUT2D eigenvalue weighted by Crippen LogP contribution is 2.45. The maximum Gasteiger partial charge on any atom is 0.422 e. The lowest BCUT2D eigenvalue weighted by molar-refractivity contribution is -0.153. The van der Waals surface area contributed by atoms with Crippen LogP contribution >= 0.6 is 11.8 Å². The molecule has 2 aromatic rings. The molecule has 2 atom stereocenters. The van der Waals surface area contributed by atoms with Crippen molar-refractivity contribution < 1.29 is 32.2 Å². The fourth-order valence-electron chi connectivity index (χ4n) is 3.63. The molecule has 176 valence electrons. The molecule has 0 saturated carbocycles. The first-order valence-corrected chi connectivity index (χ1v) is 10.8. The number of methoxy groups -OCH3 is 1. The van der Waals surface area contributed by atoms with E-state index in [9.17, 15) is 28.0 Å². The van der Waals surface area contributed by atoms with Crippen LogP contribution in [0.5, 0.6) is 11.5 Å². The van der Waals surface area contributed by atoms with Gasteiger partial charge < -0.3 is 14.8 Å². The molecule has 2 aliphatic heterocycles. The molecule has 8 nitrogen and oxygen atoms in total. The Kier molecular flexibility index (Phi) is 6.14. The number of hydrogen-bond acceptors (Lipinski definition) is 7. The van der Waals surface area contributed by atoms with Crippen LogP contribution in [0.2, 0.25) is 0 Å². The molecule has 1 fully saturated rings. The van der Waals surface area contributed by atoms with Crippen LogP contribution in [-0.2, 0) is 4.79 Å². The summed E-state index contributed by atoms with van der Waals surface area (Å²) in [7, 11) is 1.48.